The van der Waals surface area contributed by atoms with E-state index in [1.54, 1.807) is 13.1 Å². The lowest BCUT2D eigenvalue weighted by molar-refractivity contribution is 0.0992. The summed E-state index contributed by atoms with van der Waals surface area (Å²) >= 11 is 0. The molecule has 3 aromatic carbocycles. The van der Waals surface area contributed by atoms with Gasteiger partial charge in [-0.2, -0.15) is 0 Å². The fourth-order valence-electron chi connectivity index (χ4n) is 2.32. The third-order valence-electron chi connectivity index (χ3n) is 3.50. The number of hydrogen-bond donors (Lipinski definition) is 0. The molecule has 0 N–H and O–H groups in total. The average Bonchev–Trinajstić information content (AvgIpc) is 2.53. The molecular weight excluding hydrogens is 265 g/mol. The van der Waals surface area contributed by atoms with E-state index < -0.39 is 5.82 Å². The van der Waals surface area contributed by atoms with Crippen molar-refractivity contribution in [2.24, 2.45) is 0 Å². The summed E-state index contributed by atoms with van der Waals surface area (Å²) in [6.45, 7) is 0. The molecule has 2 nitrogen and oxygen atoms in total. The van der Waals surface area contributed by atoms with Gasteiger partial charge in [-0.15, -0.1) is 0 Å². The predicted molar refractivity (Wildman–Crippen MR) is 83.1 cm³/mol. The van der Waals surface area contributed by atoms with Gasteiger partial charge in [0.15, 0.2) is 0 Å². The minimum Gasteiger partial charge on any atom is -0.311 e. The molecule has 0 heterocycles. The number of benzene rings is 3. The molecule has 0 aliphatic heterocycles. The minimum atomic E-state index is -0.409. The molecule has 0 aromatic heterocycles. The van der Waals surface area contributed by atoms with E-state index in [2.05, 4.69) is 0 Å². The quantitative estimate of drug-likeness (QED) is 0.686. The van der Waals surface area contributed by atoms with Crippen LogP contribution in [0.2, 0.25) is 0 Å². The Balaban J connectivity index is 1.96. The van der Waals surface area contributed by atoms with E-state index >= 15 is 0 Å². The molecular formula is C18H14FNO. The van der Waals surface area contributed by atoms with E-state index in [0.29, 0.717) is 5.56 Å². The maximum Gasteiger partial charge on any atom is 0.258 e. The molecule has 0 aliphatic rings. The van der Waals surface area contributed by atoms with Gasteiger partial charge in [0.1, 0.15) is 5.82 Å². The summed E-state index contributed by atoms with van der Waals surface area (Å²) in [6, 6.07) is 19.5. The molecule has 0 saturated heterocycles. The Morgan fingerprint density at radius 3 is 2.43 bits per heavy atom. The second kappa shape index (κ2) is 5.37. The van der Waals surface area contributed by atoms with E-state index in [9.17, 15) is 9.18 Å². The summed E-state index contributed by atoms with van der Waals surface area (Å²) < 4.78 is 13.2. The van der Waals surface area contributed by atoms with Crippen molar-refractivity contribution in [1.29, 1.82) is 0 Å². The molecule has 0 saturated carbocycles. The fraction of sp³-hybridized carbons (Fsp3) is 0.0556. The van der Waals surface area contributed by atoms with Crippen molar-refractivity contribution in [3.05, 3.63) is 78.1 Å². The van der Waals surface area contributed by atoms with Gasteiger partial charge in [0.2, 0.25) is 0 Å². The standard InChI is InChI=1S/C18H14FNO/c1-20(18(21)15-7-4-8-16(19)11-15)17-10-9-13-5-2-3-6-14(13)12-17/h2-12H,1H3. The van der Waals surface area contributed by atoms with Crippen molar-refractivity contribution in [3.8, 4) is 0 Å². The van der Waals surface area contributed by atoms with Gasteiger partial charge in [-0.1, -0.05) is 36.4 Å². The summed E-state index contributed by atoms with van der Waals surface area (Å²) in [5.41, 5.74) is 1.12. The molecule has 21 heavy (non-hydrogen) atoms. The Bertz CT molecular complexity index is 813. The van der Waals surface area contributed by atoms with Crippen molar-refractivity contribution in [2.75, 3.05) is 11.9 Å². The highest BCUT2D eigenvalue weighted by molar-refractivity contribution is 6.06. The molecule has 3 aromatic rings. The van der Waals surface area contributed by atoms with E-state index in [-0.39, 0.29) is 5.91 Å². The molecule has 0 radical (unpaired) electrons. The van der Waals surface area contributed by atoms with Gasteiger partial charge < -0.3 is 4.90 Å². The first kappa shape index (κ1) is 13.3. The number of nitrogens with zero attached hydrogens (tertiary/aromatic N) is 1. The van der Waals surface area contributed by atoms with Crippen molar-refractivity contribution in [2.45, 2.75) is 0 Å². The summed E-state index contributed by atoms with van der Waals surface area (Å²) in [4.78, 5) is 13.9. The molecule has 3 rings (SSSR count). The highest BCUT2D eigenvalue weighted by atomic mass is 19.1. The van der Waals surface area contributed by atoms with Crippen LogP contribution in [0.3, 0.4) is 0 Å². The van der Waals surface area contributed by atoms with Gasteiger partial charge in [-0.05, 0) is 41.1 Å². The largest absolute Gasteiger partial charge is 0.311 e. The minimum absolute atomic E-state index is 0.232. The summed E-state index contributed by atoms with van der Waals surface area (Å²) in [5.74, 6) is -0.641. The normalized spacial score (nSPS) is 10.6. The summed E-state index contributed by atoms with van der Waals surface area (Å²) in [5, 5.41) is 2.18. The number of fused-ring (bicyclic) bond motifs is 1. The summed E-state index contributed by atoms with van der Waals surface area (Å²) in [6.07, 6.45) is 0. The van der Waals surface area contributed by atoms with Crippen molar-refractivity contribution in [3.63, 3.8) is 0 Å². The Kier molecular flexibility index (Phi) is 3.40. The van der Waals surface area contributed by atoms with Gasteiger partial charge in [0.25, 0.3) is 5.91 Å². The van der Waals surface area contributed by atoms with E-state index in [1.165, 1.54) is 23.1 Å². The second-order valence-electron chi connectivity index (χ2n) is 4.91. The second-order valence-corrected chi connectivity index (χ2v) is 4.91. The number of anilines is 1. The predicted octanol–water partition coefficient (Wildman–Crippen LogP) is 4.26. The van der Waals surface area contributed by atoms with Crippen LogP contribution in [0, 0.1) is 5.82 Å². The van der Waals surface area contributed by atoms with E-state index in [4.69, 9.17) is 0 Å². The van der Waals surface area contributed by atoms with Crippen LogP contribution >= 0.6 is 0 Å². The third kappa shape index (κ3) is 2.63. The van der Waals surface area contributed by atoms with Crippen molar-refractivity contribution < 1.29 is 9.18 Å². The monoisotopic (exact) mass is 279 g/mol. The summed E-state index contributed by atoms with van der Waals surface area (Å²) in [7, 11) is 1.69. The molecule has 0 unspecified atom stereocenters. The van der Waals surface area contributed by atoms with E-state index in [0.717, 1.165) is 16.5 Å². The first-order chi connectivity index (χ1) is 10.1. The molecule has 1 amide bonds. The third-order valence-corrected chi connectivity index (χ3v) is 3.50. The smallest absolute Gasteiger partial charge is 0.258 e. The van der Waals surface area contributed by atoms with Crippen LogP contribution in [0.1, 0.15) is 10.4 Å². The number of carbonyl (C=O) groups excluding carboxylic acids is 1. The Labute approximate surface area is 122 Å². The average molecular weight is 279 g/mol. The van der Waals surface area contributed by atoms with Crippen molar-refractivity contribution in [1.82, 2.24) is 0 Å². The van der Waals surface area contributed by atoms with Crippen LogP contribution in [-0.4, -0.2) is 13.0 Å². The zero-order chi connectivity index (χ0) is 14.8. The first-order valence-electron chi connectivity index (χ1n) is 6.67. The van der Waals surface area contributed by atoms with Gasteiger partial charge in [0.05, 0.1) is 0 Å². The van der Waals surface area contributed by atoms with Gasteiger partial charge in [-0.25, -0.2) is 4.39 Å². The molecule has 0 bridgehead atoms. The molecule has 3 heteroatoms. The molecule has 0 fully saturated rings. The lowest BCUT2D eigenvalue weighted by Crippen LogP contribution is -2.26. The number of carbonyl (C=O) groups is 1. The Hall–Kier alpha value is -2.68. The van der Waals surface area contributed by atoms with Gasteiger partial charge in [-0.3, -0.25) is 4.79 Å². The Morgan fingerprint density at radius 2 is 1.67 bits per heavy atom. The van der Waals surface area contributed by atoms with Gasteiger partial charge in [0, 0.05) is 18.3 Å². The fourth-order valence-corrected chi connectivity index (χ4v) is 2.32. The van der Waals surface area contributed by atoms with Gasteiger partial charge >= 0.3 is 0 Å². The molecule has 0 spiro atoms. The Morgan fingerprint density at radius 1 is 0.905 bits per heavy atom. The van der Waals surface area contributed by atoms with Crippen LogP contribution in [0.25, 0.3) is 10.8 Å². The van der Waals surface area contributed by atoms with Crippen LogP contribution in [0.15, 0.2) is 66.7 Å². The van der Waals surface area contributed by atoms with Crippen LogP contribution in [0.5, 0.6) is 0 Å². The van der Waals surface area contributed by atoms with Crippen molar-refractivity contribution >= 4 is 22.4 Å². The first-order valence-corrected chi connectivity index (χ1v) is 6.67. The topological polar surface area (TPSA) is 20.3 Å². The SMILES string of the molecule is CN(C(=O)c1cccc(F)c1)c1ccc2ccccc2c1. The molecule has 0 aliphatic carbocycles. The highest BCUT2D eigenvalue weighted by Crippen LogP contribution is 2.22. The zero-order valence-corrected chi connectivity index (χ0v) is 11.6. The maximum atomic E-state index is 13.2. The number of hydrogen-bond acceptors (Lipinski definition) is 1. The lowest BCUT2D eigenvalue weighted by Gasteiger charge is -2.18. The van der Waals surface area contributed by atoms with Crippen LogP contribution in [-0.2, 0) is 0 Å². The lowest BCUT2D eigenvalue weighted by atomic mass is 10.1. The van der Waals surface area contributed by atoms with Crippen LogP contribution in [0.4, 0.5) is 10.1 Å². The number of rotatable bonds is 2. The number of amides is 1. The molecule has 0 atom stereocenters. The maximum absolute atomic E-state index is 13.2. The zero-order valence-electron chi connectivity index (χ0n) is 11.6. The highest BCUT2D eigenvalue weighted by Gasteiger charge is 2.14. The van der Waals surface area contributed by atoms with E-state index in [1.807, 2.05) is 42.5 Å². The van der Waals surface area contributed by atoms with Crippen LogP contribution < -0.4 is 4.90 Å². The number of halogens is 1. The molecule has 104 valence electrons.